The quantitative estimate of drug-likeness (QED) is 0.650. The fraction of sp³-hybridized carbons (Fsp3) is 0.235. The predicted octanol–water partition coefficient (Wildman–Crippen LogP) is 2.84. The van der Waals surface area contributed by atoms with Crippen LogP contribution >= 0.6 is 0 Å². The zero-order chi connectivity index (χ0) is 17.9. The van der Waals surface area contributed by atoms with E-state index in [-0.39, 0.29) is 17.9 Å². The van der Waals surface area contributed by atoms with Crippen molar-refractivity contribution in [1.29, 1.82) is 0 Å². The van der Waals surface area contributed by atoms with Crippen molar-refractivity contribution in [1.82, 2.24) is 4.57 Å². The number of ether oxygens (including phenoxy) is 1. The van der Waals surface area contributed by atoms with Crippen LogP contribution in [0.4, 0.5) is 11.4 Å². The summed E-state index contributed by atoms with van der Waals surface area (Å²) in [5, 5.41) is 14.1. The lowest BCUT2D eigenvalue weighted by atomic mass is 10.0. The second-order valence-electron chi connectivity index (χ2n) is 5.48. The molecule has 0 atom stereocenters. The number of hydrogen-bond acceptors (Lipinski definition) is 5. The van der Waals surface area contributed by atoms with Crippen molar-refractivity contribution in [3.05, 3.63) is 68.8 Å². The standard InChI is InChI=1S/C17H19N3O4/c1-11-7-14(9-19(3)17(11)21)13-5-6-16(20(22)23)15(8-13)18-12(2)10-24-4/h5-9,18H,2,10H2,1,3-4H3. The van der Waals surface area contributed by atoms with Gasteiger partial charge in [-0.2, -0.15) is 0 Å². The number of benzene rings is 1. The van der Waals surface area contributed by atoms with Crippen molar-refractivity contribution < 1.29 is 9.66 Å². The Morgan fingerprint density at radius 2 is 2.08 bits per heavy atom. The van der Waals surface area contributed by atoms with Crippen LogP contribution in [0, 0.1) is 17.0 Å². The van der Waals surface area contributed by atoms with E-state index in [1.54, 1.807) is 38.4 Å². The normalized spacial score (nSPS) is 10.5. The van der Waals surface area contributed by atoms with Gasteiger partial charge in [0, 0.05) is 37.7 Å². The number of aromatic nitrogens is 1. The fourth-order valence-electron chi connectivity index (χ4n) is 2.41. The summed E-state index contributed by atoms with van der Waals surface area (Å²) in [5.41, 5.74) is 2.86. The highest BCUT2D eigenvalue weighted by Gasteiger charge is 2.16. The first-order valence-corrected chi connectivity index (χ1v) is 7.23. The maximum atomic E-state index is 11.8. The third-order valence-electron chi connectivity index (χ3n) is 3.52. The SMILES string of the molecule is C=C(COC)Nc1cc(-c2cc(C)c(=O)n(C)c2)ccc1[N+](=O)[O-]. The molecule has 7 nitrogen and oxygen atoms in total. The summed E-state index contributed by atoms with van der Waals surface area (Å²) >= 11 is 0. The molecule has 0 radical (unpaired) electrons. The molecule has 0 saturated heterocycles. The average Bonchev–Trinajstić information content (AvgIpc) is 2.52. The fourth-order valence-corrected chi connectivity index (χ4v) is 2.41. The van der Waals surface area contributed by atoms with Crippen LogP contribution in [0.15, 0.2) is 47.5 Å². The number of anilines is 1. The van der Waals surface area contributed by atoms with Crippen LogP contribution in [0.25, 0.3) is 11.1 Å². The molecule has 0 aliphatic rings. The Bertz CT molecular complexity index is 829. The Labute approximate surface area is 139 Å². The first-order valence-electron chi connectivity index (χ1n) is 7.23. The predicted molar refractivity (Wildman–Crippen MR) is 93.1 cm³/mol. The number of nitrogens with one attached hydrogen (secondary N) is 1. The minimum absolute atomic E-state index is 0.0578. The van der Waals surface area contributed by atoms with Crippen LogP contribution in [0.2, 0.25) is 0 Å². The van der Waals surface area contributed by atoms with Gasteiger partial charge in [0.05, 0.1) is 11.5 Å². The molecule has 1 aromatic heterocycles. The van der Waals surface area contributed by atoms with Gasteiger partial charge < -0.3 is 14.6 Å². The van der Waals surface area contributed by atoms with Crippen molar-refractivity contribution >= 4 is 11.4 Å². The minimum Gasteiger partial charge on any atom is -0.379 e. The topological polar surface area (TPSA) is 86.4 Å². The highest BCUT2D eigenvalue weighted by atomic mass is 16.6. The average molecular weight is 329 g/mol. The molecule has 0 fully saturated rings. The number of rotatable bonds is 6. The Kier molecular flexibility index (Phi) is 5.15. The van der Waals surface area contributed by atoms with Crippen molar-refractivity contribution in [2.45, 2.75) is 6.92 Å². The first-order chi connectivity index (χ1) is 11.3. The van der Waals surface area contributed by atoms with Gasteiger partial charge in [-0.05, 0) is 36.2 Å². The molecule has 0 saturated carbocycles. The van der Waals surface area contributed by atoms with Crippen LogP contribution in [0.1, 0.15) is 5.56 Å². The molecule has 0 aliphatic carbocycles. The van der Waals surface area contributed by atoms with E-state index in [4.69, 9.17) is 4.74 Å². The van der Waals surface area contributed by atoms with Crippen molar-refractivity contribution in [2.24, 2.45) is 7.05 Å². The molecule has 2 aromatic rings. The lowest BCUT2D eigenvalue weighted by Crippen LogP contribution is -2.18. The molecule has 0 amide bonds. The summed E-state index contributed by atoms with van der Waals surface area (Å²) in [6.45, 7) is 5.75. The van der Waals surface area contributed by atoms with Crippen LogP contribution in [0.3, 0.4) is 0 Å². The molecule has 0 unspecified atom stereocenters. The number of nitro benzene ring substituents is 1. The maximum absolute atomic E-state index is 11.8. The lowest BCUT2D eigenvalue weighted by Gasteiger charge is -2.12. The van der Waals surface area contributed by atoms with E-state index in [9.17, 15) is 14.9 Å². The molecule has 0 spiro atoms. The third-order valence-corrected chi connectivity index (χ3v) is 3.52. The Morgan fingerprint density at radius 1 is 1.38 bits per heavy atom. The molecule has 2 rings (SSSR count). The molecule has 1 heterocycles. The number of pyridine rings is 1. The van der Waals surface area contributed by atoms with Gasteiger partial charge in [0.2, 0.25) is 0 Å². The van der Waals surface area contributed by atoms with Gasteiger partial charge in [-0.15, -0.1) is 0 Å². The molecular formula is C17H19N3O4. The summed E-state index contributed by atoms with van der Waals surface area (Å²) < 4.78 is 6.45. The summed E-state index contributed by atoms with van der Waals surface area (Å²) in [7, 11) is 3.19. The Balaban J connectivity index is 2.51. The molecule has 1 N–H and O–H groups in total. The zero-order valence-electron chi connectivity index (χ0n) is 13.8. The smallest absolute Gasteiger partial charge is 0.292 e. The molecule has 0 bridgehead atoms. The highest BCUT2D eigenvalue weighted by molar-refractivity contribution is 5.75. The van der Waals surface area contributed by atoms with Gasteiger partial charge in [-0.25, -0.2) is 0 Å². The van der Waals surface area contributed by atoms with E-state index in [1.807, 2.05) is 0 Å². The highest BCUT2D eigenvalue weighted by Crippen LogP contribution is 2.31. The van der Waals surface area contributed by atoms with Crippen molar-refractivity contribution in [3.8, 4) is 11.1 Å². The number of methoxy groups -OCH3 is 1. The van der Waals surface area contributed by atoms with Gasteiger partial charge in [0.1, 0.15) is 5.69 Å². The van der Waals surface area contributed by atoms with Crippen LogP contribution < -0.4 is 10.9 Å². The number of nitrogens with zero attached hydrogens (tertiary/aromatic N) is 2. The van der Waals surface area contributed by atoms with E-state index in [0.717, 1.165) is 11.1 Å². The van der Waals surface area contributed by atoms with Gasteiger partial charge in [-0.3, -0.25) is 14.9 Å². The van der Waals surface area contributed by atoms with E-state index in [2.05, 4.69) is 11.9 Å². The minimum atomic E-state index is -0.460. The largest absolute Gasteiger partial charge is 0.379 e. The van der Waals surface area contributed by atoms with E-state index >= 15 is 0 Å². The monoisotopic (exact) mass is 329 g/mol. The van der Waals surface area contributed by atoms with Crippen molar-refractivity contribution in [3.63, 3.8) is 0 Å². The number of nitro groups is 1. The third kappa shape index (κ3) is 3.69. The molecule has 126 valence electrons. The second kappa shape index (κ2) is 7.10. The first kappa shape index (κ1) is 17.4. The van der Waals surface area contributed by atoms with Crippen LogP contribution in [-0.2, 0) is 11.8 Å². The summed E-state index contributed by atoms with van der Waals surface area (Å²) in [4.78, 5) is 22.6. The maximum Gasteiger partial charge on any atom is 0.292 e. The van der Waals surface area contributed by atoms with Crippen molar-refractivity contribution in [2.75, 3.05) is 19.0 Å². The van der Waals surface area contributed by atoms with Crippen LogP contribution in [0.5, 0.6) is 0 Å². The summed E-state index contributed by atoms with van der Waals surface area (Å²) in [5.74, 6) is 0. The Hall–Kier alpha value is -2.93. The second-order valence-corrected chi connectivity index (χ2v) is 5.48. The lowest BCUT2D eigenvalue weighted by molar-refractivity contribution is -0.383. The molecule has 1 aromatic carbocycles. The van der Waals surface area contributed by atoms with E-state index in [0.29, 0.717) is 16.9 Å². The van der Waals surface area contributed by atoms with Crippen LogP contribution in [-0.4, -0.2) is 23.2 Å². The summed E-state index contributed by atoms with van der Waals surface area (Å²) in [6.07, 6.45) is 1.70. The Morgan fingerprint density at radius 3 is 2.67 bits per heavy atom. The summed E-state index contributed by atoms with van der Waals surface area (Å²) in [6, 6.07) is 6.51. The van der Waals surface area contributed by atoms with Gasteiger partial charge >= 0.3 is 0 Å². The van der Waals surface area contributed by atoms with E-state index in [1.165, 1.54) is 17.7 Å². The molecule has 0 aliphatic heterocycles. The van der Waals surface area contributed by atoms with Gasteiger partial charge in [0.25, 0.3) is 11.2 Å². The number of hydrogen-bond donors (Lipinski definition) is 1. The number of aryl methyl sites for hydroxylation is 2. The molecular weight excluding hydrogens is 310 g/mol. The molecule has 7 heteroatoms. The van der Waals surface area contributed by atoms with Gasteiger partial charge in [-0.1, -0.05) is 6.58 Å². The molecule has 24 heavy (non-hydrogen) atoms. The van der Waals surface area contributed by atoms with E-state index < -0.39 is 4.92 Å². The zero-order valence-corrected chi connectivity index (χ0v) is 13.8. The van der Waals surface area contributed by atoms with Gasteiger partial charge in [0.15, 0.2) is 0 Å².